The fraction of sp³-hybridized carbons (Fsp3) is 0.211. The van der Waals surface area contributed by atoms with E-state index in [9.17, 15) is 4.79 Å². The van der Waals surface area contributed by atoms with Crippen LogP contribution in [-0.4, -0.2) is 22.7 Å². The molecule has 0 saturated heterocycles. The van der Waals surface area contributed by atoms with E-state index in [4.69, 9.17) is 25.6 Å². The maximum absolute atomic E-state index is 12.3. The Morgan fingerprint density at radius 3 is 3.00 bits per heavy atom. The second kappa shape index (κ2) is 7.17. The number of fused-ring (bicyclic) bond motifs is 1. The molecule has 1 aromatic heterocycles. The molecular formula is C19H15ClN2O4. The van der Waals surface area contributed by atoms with E-state index in [-0.39, 0.29) is 24.4 Å². The van der Waals surface area contributed by atoms with Crippen molar-refractivity contribution in [1.29, 1.82) is 0 Å². The van der Waals surface area contributed by atoms with Crippen molar-refractivity contribution in [2.45, 2.75) is 13.0 Å². The smallest absolute Gasteiger partial charge is 0.313 e. The molecule has 0 saturated carbocycles. The van der Waals surface area contributed by atoms with Gasteiger partial charge in [0.15, 0.2) is 6.61 Å². The highest BCUT2D eigenvalue weighted by molar-refractivity contribution is 6.30. The average molecular weight is 371 g/mol. The Bertz CT molecular complexity index is 941. The van der Waals surface area contributed by atoms with Crippen molar-refractivity contribution in [1.82, 2.24) is 10.1 Å². The summed E-state index contributed by atoms with van der Waals surface area (Å²) in [6.45, 7) is 0.220. The van der Waals surface area contributed by atoms with Gasteiger partial charge in [0.05, 0.1) is 5.92 Å². The van der Waals surface area contributed by atoms with Crippen molar-refractivity contribution in [2.24, 2.45) is 5.92 Å². The zero-order chi connectivity index (χ0) is 17.9. The van der Waals surface area contributed by atoms with Crippen LogP contribution in [0, 0.1) is 5.92 Å². The molecule has 0 unspecified atom stereocenters. The summed E-state index contributed by atoms with van der Waals surface area (Å²) in [5.41, 5.74) is 1.73. The van der Waals surface area contributed by atoms with Crippen molar-refractivity contribution in [3.05, 3.63) is 65.0 Å². The van der Waals surface area contributed by atoms with Crippen LogP contribution >= 0.6 is 11.6 Å². The van der Waals surface area contributed by atoms with Gasteiger partial charge in [-0.05, 0) is 30.2 Å². The molecule has 3 aromatic rings. The number of benzene rings is 2. The van der Waals surface area contributed by atoms with Crippen LogP contribution in [-0.2, 0) is 22.6 Å². The molecule has 0 N–H and O–H groups in total. The minimum absolute atomic E-state index is 0.0788. The lowest BCUT2D eigenvalue weighted by Crippen LogP contribution is -2.29. The van der Waals surface area contributed by atoms with Gasteiger partial charge in [0.2, 0.25) is 5.82 Å². The van der Waals surface area contributed by atoms with E-state index in [0.29, 0.717) is 23.9 Å². The van der Waals surface area contributed by atoms with Gasteiger partial charge in [0.1, 0.15) is 12.4 Å². The molecule has 1 aliphatic rings. The normalized spacial score (nSPS) is 15.8. The number of hydrogen-bond donors (Lipinski definition) is 0. The summed E-state index contributed by atoms with van der Waals surface area (Å²) in [4.78, 5) is 16.5. The highest BCUT2D eigenvalue weighted by atomic mass is 35.5. The minimum atomic E-state index is -0.347. The third-order valence-electron chi connectivity index (χ3n) is 4.10. The molecule has 4 rings (SSSR count). The van der Waals surface area contributed by atoms with Crippen LogP contribution in [0.1, 0.15) is 11.5 Å². The molecule has 0 fully saturated rings. The first-order valence-electron chi connectivity index (χ1n) is 8.15. The number of aromatic nitrogens is 2. The average Bonchev–Trinajstić information content (AvgIpc) is 3.15. The maximum atomic E-state index is 12.3. The van der Waals surface area contributed by atoms with E-state index >= 15 is 0 Å². The van der Waals surface area contributed by atoms with E-state index in [0.717, 1.165) is 16.9 Å². The van der Waals surface area contributed by atoms with Crippen LogP contribution in [0.25, 0.3) is 11.4 Å². The van der Waals surface area contributed by atoms with Crippen LogP contribution in [0.4, 0.5) is 0 Å². The second-order valence-electron chi connectivity index (χ2n) is 5.95. The summed E-state index contributed by atoms with van der Waals surface area (Å²) in [5, 5.41) is 4.47. The SMILES string of the molecule is O=C(OCc1nc(-c2cccc(Cl)c2)no1)[C@H]1COc2ccccc2C1. The molecule has 7 heteroatoms. The van der Waals surface area contributed by atoms with Crippen LogP contribution in [0.3, 0.4) is 0 Å². The van der Waals surface area contributed by atoms with Crippen molar-refractivity contribution >= 4 is 17.6 Å². The number of carbonyl (C=O) groups excluding carboxylic acids is 1. The standard InChI is InChI=1S/C19H15ClN2O4/c20-15-6-3-5-13(9-15)18-21-17(26-22-18)11-25-19(23)14-8-12-4-1-2-7-16(12)24-10-14/h1-7,9,14H,8,10-11H2/t14-/m1/s1. The van der Waals surface area contributed by atoms with Gasteiger partial charge in [-0.25, -0.2) is 0 Å². The Balaban J connectivity index is 1.37. The van der Waals surface area contributed by atoms with Crippen molar-refractivity contribution in [3.8, 4) is 17.1 Å². The lowest BCUT2D eigenvalue weighted by atomic mass is 9.97. The lowest BCUT2D eigenvalue weighted by molar-refractivity contribution is -0.152. The first kappa shape index (κ1) is 16.6. The molecule has 0 radical (unpaired) electrons. The zero-order valence-electron chi connectivity index (χ0n) is 13.7. The predicted molar refractivity (Wildman–Crippen MR) is 93.7 cm³/mol. The summed E-state index contributed by atoms with van der Waals surface area (Å²) < 4.78 is 16.1. The number of esters is 1. The predicted octanol–water partition coefficient (Wildman–Crippen LogP) is 3.68. The van der Waals surface area contributed by atoms with E-state index in [1.165, 1.54) is 0 Å². The quantitative estimate of drug-likeness (QED) is 0.652. The number of rotatable bonds is 4. The van der Waals surface area contributed by atoms with Gasteiger partial charge in [-0.15, -0.1) is 0 Å². The van der Waals surface area contributed by atoms with Crippen molar-refractivity contribution in [2.75, 3.05) is 6.61 Å². The first-order chi connectivity index (χ1) is 12.7. The monoisotopic (exact) mass is 370 g/mol. The fourth-order valence-corrected chi connectivity index (χ4v) is 2.98. The highest BCUT2D eigenvalue weighted by Crippen LogP contribution is 2.27. The molecule has 1 atom stereocenters. The van der Waals surface area contributed by atoms with Crippen molar-refractivity contribution < 1.29 is 18.8 Å². The van der Waals surface area contributed by atoms with E-state index in [1.807, 2.05) is 30.3 Å². The van der Waals surface area contributed by atoms with Gasteiger partial charge < -0.3 is 14.0 Å². The molecule has 132 valence electrons. The van der Waals surface area contributed by atoms with Crippen LogP contribution < -0.4 is 4.74 Å². The Kier molecular flexibility index (Phi) is 4.58. The zero-order valence-corrected chi connectivity index (χ0v) is 14.5. The van der Waals surface area contributed by atoms with Crippen LogP contribution in [0.2, 0.25) is 5.02 Å². The van der Waals surface area contributed by atoms with Crippen molar-refractivity contribution in [3.63, 3.8) is 0 Å². The molecule has 6 nitrogen and oxygen atoms in total. The highest BCUT2D eigenvalue weighted by Gasteiger charge is 2.27. The summed E-state index contributed by atoms with van der Waals surface area (Å²) in [6.07, 6.45) is 0.590. The topological polar surface area (TPSA) is 74.5 Å². The van der Waals surface area contributed by atoms with Gasteiger partial charge in [-0.1, -0.05) is 47.1 Å². The van der Waals surface area contributed by atoms with Crippen LogP contribution in [0.15, 0.2) is 53.1 Å². The molecule has 2 heterocycles. The summed E-state index contributed by atoms with van der Waals surface area (Å²) >= 11 is 5.96. The third-order valence-corrected chi connectivity index (χ3v) is 4.34. The largest absolute Gasteiger partial charge is 0.492 e. The molecular weight excluding hydrogens is 356 g/mol. The Morgan fingerprint density at radius 2 is 2.12 bits per heavy atom. The third kappa shape index (κ3) is 3.55. The number of ether oxygens (including phenoxy) is 2. The molecule has 2 aromatic carbocycles. The van der Waals surface area contributed by atoms with Gasteiger partial charge in [0.25, 0.3) is 5.89 Å². The Morgan fingerprint density at radius 1 is 1.23 bits per heavy atom. The van der Waals surface area contributed by atoms with E-state index < -0.39 is 0 Å². The minimum Gasteiger partial charge on any atom is -0.492 e. The molecule has 1 aliphatic heterocycles. The fourth-order valence-electron chi connectivity index (χ4n) is 2.79. The number of nitrogens with zero attached hydrogens (tertiary/aromatic N) is 2. The van der Waals surface area contributed by atoms with Crippen LogP contribution in [0.5, 0.6) is 5.75 Å². The molecule has 0 spiro atoms. The summed E-state index contributed by atoms with van der Waals surface area (Å²) in [7, 11) is 0. The summed E-state index contributed by atoms with van der Waals surface area (Å²) in [6, 6.07) is 14.8. The van der Waals surface area contributed by atoms with E-state index in [2.05, 4.69) is 10.1 Å². The first-order valence-corrected chi connectivity index (χ1v) is 8.53. The van der Waals surface area contributed by atoms with Gasteiger partial charge >= 0.3 is 5.97 Å². The molecule has 0 aliphatic carbocycles. The molecule has 0 amide bonds. The molecule has 26 heavy (non-hydrogen) atoms. The van der Waals surface area contributed by atoms with E-state index in [1.54, 1.807) is 18.2 Å². The van der Waals surface area contributed by atoms with Gasteiger partial charge in [-0.3, -0.25) is 4.79 Å². The lowest BCUT2D eigenvalue weighted by Gasteiger charge is -2.23. The Hall–Kier alpha value is -2.86. The summed E-state index contributed by atoms with van der Waals surface area (Å²) in [5.74, 6) is 0.751. The molecule has 0 bridgehead atoms. The number of hydrogen-bond acceptors (Lipinski definition) is 6. The number of carbonyl (C=O) groups is 1. The number of halogens is 1. The maximum Gasteiger partial charge on any atom is 0.313 e. The number of para-hydroxylation sites is 1. The van der Waals surface area contributed by atoms with Gasteiger partial charge in [0, 0.05) is 10.6 Å². The second-order valence-corrected chi connectivity index (χ2v) is 6.39. The Labute approximate surface area is 154 Å². The van der Waals surface area contributed by atoms with Gasteiger partial charge in [-0.2, -0.15) is 4.98 Å².